The number of piperidine rings is 1. The quantitative estimate of drug-likeness (QED) is 0.573. The second kappa shape index (κ2) is 8.99. The molecule has 1 aliphatic rings. The SMILES string of the molecule is CC[N+]([O-])(C(=O)C1CCCCN1C(=O)OCc1ccccc1)c1ccccc1. The first-order valence-electron chi connectivity index (χ1n) is 9.72. The van der Waals surface area contributed by atoms with Gasteiger partial charge in [-0.1, -0.05) is 48.5 Å². The Hall–Kier alpha value is -2.70. The number of carbonyl (C=O) groups excluding carboxylic acids is 2. The molecule has 6 heteroatoms. The minimum atomic E-state index is -1.08. The number of hydrogen-bond acceptors (Lipinski definition) is 4. The summed E-state index contributed by atoms with van der Waals surface area (Å²) in [5.41, 5.74) is 1.26. The molecule has 0 aliphatic carbocycles. The zero-order chi connectivity index (χ0) is 20.0. The number of carbonyl (C=O) groups is 2. The lowest BCUT2D eigenvalue weighted by Gasteiger charge is -2.43. The van der Waals surface area contributed by atoms with E-state index in [0.717, 1.165) is 18.4 Å². The number of rotatable bonds is 5. The number of quaternary nitrogens is 1. The van der Waals surface area contributed by atoms with E-state index in [9.17, 15) is 14.8 Å². The van der Waals surface area contributed by atoms with Crippen LogP contribution in [0.5, 0.6) is 0 Å². The number of para-hydroxylation sites is 1. The first-order chi connectivity index (χ1) is 13.6. The molecule has 0 radical (unpaired) electrons. The molecular formula is C22H26N2O4. The van der Waals surface area contributed by atoms with E-state index < -0.39 is 22.7 Å². The predicted molar refractivity (Wildman–Crippen MR) is 108 cm³/mol. The van der Waals surface area contributed by atoms with E-state index in [0.29, 0.717) is 18.7 Å². The van der Waals surface area contributed by atoms with Crippen molar-refractivity contribution in [1.29, 1.82) is 0 Å². The van der Waals surface area contributed by atoms with Gasteiger partial charge in [0.1, 0.15) is 12.3 Å². The molecule has 6 nitrogen and oxygen atoms in total. The van der Waals surface area contributed by atoms with Crippen LogP contribution in [0.15, 0.2) is 60.7 Å². The smallest absolute Gasteiger partial charge is 0.410 e. The maximum absolute atomic E-state index is 13.4. The Morgan fingerprint density at radius 1 is 1.07 bits per heavy atom. The zero-order valence-corrected chi connectivity index (χ0v) is 16.1. The van der Waals surface area contributed by atoms with E-state index >= 15 is 0 Å². The lowest BCUT2D eigenvalue weighted by atomic mass is 10.0. The van der Waals surface area contributed by atoms with E-state index in [4.69, 9.17) is 4.74 Å². The van der Waals surface area contributed by atoms with Crippen LogP contribution in [-0.2, 0) is 16.1 Å². The molecular weight excluding hydrogens is 356 g/mol. The topological polar surface area (TPSA) is 69.7 Å². The van der Waals surface area contributed by atoms with Crippen LogP contribution in [0.3, 0.4) is 0 Å². The van der Waals surface area contributed by atoms with Crippen molar-refractivity contribution in [1.82, 2.24) is 9.55 Å². The van der Waals surface area contributed by atoms with Crippen molar-refractivity contribution in [2.45, 2.75) is 38.8 Å². The van der Waals surface area contributed by atoms with Crippen molar-refractivity contribution in [2.24, 2.45) is 0 Å². The van der Waals surface area contributed by atoms with E-state index in [1.54, 1.807) is 31.2 Å². The number of benzene rings is 2. The second-order valence-corrected chi connectivity index (χ2v) is 6.97. The lowest BCUT2D eigenvalue weighted by molar-refractivity contribution is -0.134. The highest BCUT2D eigenvalue weighted by atomic mass is 16.6. The molecule has 1 aliphatic heterocycles. The molecule has 1 heterocycles. The van der Waals surface area contributed by atoms with Gasteiger partial charge in [0.15, 0.2) is 6.04 Å². The normalized spacial score (nSPS) is 18.9. The number of amides is 2. The summed E-state index contributed by atoms with van der Waals surface area (Å²) in [7, 11) is 0. The van der Waals surface area contributed by atoms with Crippen LogP contribution in [0.4, 0.5) is 10.5 Å². The Bertz CT molecular complexity index is 797. The highest BCUT2D eigenvalue weighted by Crippen LogP contribution is 2.28. The summed E-state index contributed by atoms with van der Waals surface area (Å²) in [5, 5.41) is 13.4. The standard InChI is InChI=1S/C22H26N2O4/c1-2-24(27,19-13-7-4-8-14-19)21(25)20-15-9-10-16-23(20)22(26)28-17-18-11-5-3-6-12-18/h3-8,11-14,20H,2,9-10,15-17H2,1H3. The molecule has 3 rings (SSSR count). The molecule has 0 bridgehead atoms. The van der Waals surface area contributed by atoms with Crippen molar-refractivity contribution in [3.8, 4) is 0 Å². The number of nitrogens with zero attached hydrogens (tertiary/aromatic N) is 2. The first-order valence-corrected chi connectivity index (χ1v) is 9.72. The molecule has 0 saturated carbocycles. The Labute approximate surface area is 165 Å². The van der Waals surface area contributed by atoms with Gasteiger partial charge < -0.3 is 9.94 Å². The van der Waals surface area contributed by atoms with Crippen LogP contribution in [-0.4, -0.2) is 36.0 Å². The van der Waals surface area contributed by atoms with E-state index in [2.05, 4.69) is 0 Å². The molecule has 2 aromatic rings. The summed E-state index contributed by atoms with van der Waals surface area (Å²) < 4.78 is 4.35. The fourth-order valence-corrected chi connectivity index (χ4v) is 3.58. The van der Waals surface area contributed by atoms with Gasteiger partial charge in [0.25, 0.3) is 0 Å². The molecule has 0 spiro atoms. The minimum absolute atomic E-state index is 0.0756. The van der Waals surface area contributed by atoms with E-state index in [-0.39, 0.29) is 13.2 Å². The number of hydrogen-bond donors (Lipinski definition) is 0. The molecule has 148 valence electrons. The van der Waals surface area contributed by atoms with Gasteiger partial charge in [0, 0.05) is 6.54 Å². The lowest BCUT2D eigenvalue weighted by Crippen LogP contribution is -2.60. The molecule has 0 N–H and O–H groups in total. The number of hydroxylamine groups is 2. The maximum atomic E-state index is 13.4. The van der Waals surface area contributed by atoms with Crippen LogP contribution in [0.1, 0.15) is 31.7 Å². The average Bonchev–Trinajstić information content (AvgIpc) is 2.77. The molecule has 2 aromatic carbocycles. The molecule has 1 fully saturated rings. The van der Waals surface area contributed by atoms with Crippen LogP contribution < -0.4 is 4.65 Å². The second-order valence-electron chi connectivity index (χ2n) is 6.97. The van der Waals surface area contributed by atoms with Crippen LogP contribution in [0.25, 0.3) is 0 Å². The van der Waals surface area contributed by atoms with Gasteiger partial charge in [-0.3, -0.25) is 9.55 Å². The third-order valence-corrected chi connectivity index (χ3v) is 5.20. The molecule has 1 saturated heterocycles. The van der Waals surface area contributed by atoms with Gasteiger partial charge >= 0.3 is 12.0 Å². The van der Waals surface area contributed by atoms with Crippen LogP contribution in [0.2, 0.25) is 0 Å². The summed E-state index contributed by atoms with van der Waals surface area (Å²) in [6.45, 7) is 2.33. The van der Waals surface area contributed by atoms with Crippen LogP contribution >= 0.6 is 0 Å². The Kier molecular flexibility index (Phi) is 6.44. The van der Waals surface area contributed by atoms with Crippen molar-refractivity contribution in [3.05, 3.63) is 71.4 Å². The van der Waals surface area contributed by atoms with Gasteiger partial charge in [-0.05, 0) is 43.9 Å². The highest BCUT2D eigenvalue weighted by Gasteiger charge is 2.42. The molecule has 2 unspecified atom stereocenters. The predicted octanol–water partition coefficient (Wildman–Crippen LogP) is 4.23. The fourth-order valence-electron chi connectivity index (χ4n) is 3.58. The number of likely N-dealkylation sites (N-methyl/N-ethyl adjacent to an activating group) is 1. The summed E-state index contributed by atoms with van der Waals surface area (Å²) in [5.74, 6) is -0.509. The largest absolute Gasteiger partial charge is 0.620 e. The first kappa shape index (κ1) is 20.0. The van der Waals surface area contributed by atoms with Gasteiger partial charge in [0.2, 0.25) is 0 Å². The third kappa shape index (κ3) is 4.24. The molecule has 2 amide bonds. The monoisotopic (exact) mass is 382 g/mol. The summed E-state index contributed by atoms with van der Waals surface area (Å²) >= 11 is 0. The summed E-state index contributed by atoms with van der Waals surface area (Å²) in [6, 6.07) is 17.2. The van der Waals surface area contributed by atoms with Crippen molar-refractivity contribution >= 4 is 17.7 Å². The Morgan fingerprint density at radius 3 is 2.36 bits per heavy atom. The third-order valence-electron chi connectivity index (χ3n) is 5.20. The number of likely N-dealkylation sites (tertiary alicyclic amines) is 1. The molecule has 2 atom stereocenters. The molecule has 28 heavy (non-hydrogen) atoms. The highest BCUT2D eigenvalue weighted by molar-refractivity contribution is 5.95. The van der Waals surface area contributed by atoms with Crippen LogP contribution in [0, 0.1) is 5.21 Å². The van der Waals surface area contributed by atoms with Gasteiger partial charge in [-0.15, -0.1) is 0 Å². The minimum Gasteiger partial charge on any atom is -0.620 e. The van der Waals surface area contributed by atoms with Crippen molar-refractivity contribution < 1.29 is 14.3 Å². The zero-order valence-electron chi connectivity index (χ0n) is 16.1. The Morgan fingerprint density at radius 2 is 1.71 bits per heavy atom. The van der Waals surface area contributed by atoms with E-state index in [1.807, 2.05) is 36.4 Å². The van der Waals surface area contributed by atoms with Gasteiger partial charge in [-0.25, -0.2) is 9.59 Å². The Balaban J connectivity index is 1.76. The number of ether oxygens (including phenoxy) is 1. The maximum Gasteiger partial charge on any atom is 0.410 e. The fraction of sp³-hybridized carbons (Fsp3) is 0.364. The molecule has 0 aromatic heterocycles. The van der Waals surface area contributed by atoms with Crippen molar-refractivity contribution in [3.63, 3.8) is 0 Å². The van der Waals surface area contributed by atoms with E-state index in [1.165, 1.54) is 4.90 Å². The summed E-state index contributed by atoms with van der Waals surface area (Å²) in [4.78, 5) is 27.4. The van der Waals surface area contributed by atoms with Gasteiger partial charge in [-0.2, -0.15) is 0 Å². The van der Waals surface area contributed by atoms with Crippen molar-refractivity contribution in [2.75, 3.05) is 13.1 Å². The average molecular weight is 382 g/mol. The van der Waals surface area contributed by atoms with Gasteiger partial charge in [0.05, 0.1) is 6.54 Å². The summed E-state index contributed by atoms with van der Waals surface area (Å²) in [6.07, 6.45) is 1.53.